The van der Waals surface area contributed by atoms with E-state index in [1.54, 1.807) is 24.3 Å². The number of halogens is 2. The van der Waals surface area contributed by atoms with E-state index in [0.29, 0.717) is 23.4 Å². The molecular formula is C31H26BrClN2O6. The summed E-state index contributed by atoms with van der Waals surface area (Å²) in [6, 6.07) is 18.6. The van der Waals surface area contributed by atoms with Crippen molar-refractivity contribution in [3.8, 4) is 5.75 Å². The monoisotopic (exact) mass is 636 g/mol. The van der Waals surface area contributed by atoms with Crippen LogP contribution in [0.5, 0.6) is 5.75 Å². The first kappa shape index (κ1) is 28.7. The van der Waals surface area contributed by atoms with Crippen LogP contribution in [0.3, 0.4) is 0 Å². The van der Waals surface area contributed by atoms with Gasteiger partial charge in [-0.1, -0.05) is 34.5 Å². The average Bonchev–Trinajstić information content (AvgIpc) is 3.20. The van der Waals surface area contributed by atoms with Gasteiger partial charge in [0.2, 0.25) is 0 Å². The number of imide groups is 1. The first-order valence-corrected chi connectivity index (χ1v) is 14.4. The molecule has 10 heteroatoms. The molecule has 0 radical (unpaired) electrons. The zero-order valence-electron chi connectivity index (χ0n) is 22.1. The molecule has 1 aliphatic heterocycles. The molecule has 8 nitrogen and oxygen atoms in total. The van der Waals surface area contributed by atoms with Gasteiger partial charge in [-0.05, 0) is 98.0 Å². The largest absolute Gasteiger partial charge is 0.423 e. The highest BCUT2D eigenvalue weighted by molar-refractivity contribution is 9.10. The highest BCUT2D eigenvalue weighted by Crippen LogP contribution is 2.41. The number of ketones is 1. The van der Waals surface area contributed by atoms with Gasteiger partial charge in [0.1, 0.15) is 12.3 Å². The molecule has 0 N–H and O–H groups in total. The summed E-state index contributed by atoms with van der Waals surface area (Å²) in [5.74, 6) is -3.15. The second-order valence-corrected chi connectivity index (χ2v) is 11.7. The maximum atomic E-state index is 13.6. The number of hydrogen-bond acceptors (Lipinski definition) is 6. The zero-order valence-corrected chi connectivity index (χ0v) is 24.4. The number of hydrogen-bond donors (Lipinski definition) is 0. The van der Waals surface area contributed by atoms with Crippen LogP contribution in [0.25, 0.3) is 0 Å². The molecule has 3 atom stereocenters. The summed E-state index contributed by atoms with van der Waals surface area (Å²) in [7, 11) is 0. The summed E-state index contributed by atoms with van der Waals surface area (Å²) >= 11 is 9.30. The summed E-state index contributed by atoms with van der Waals surface area (Å²) in [6.07, 6.45) is 1.93. The highest BCUT2D eigenvalue weighted by Gasteiger charge is 2.52. The Hall–Kier alpha value is -3.82. The second kappa shape index (κ2) is 12.0. The van der Waals surface area contributed by atoms with Crippen molar-refractivity contribution in [2.45, 2.75) is 26.2 Å². The summed E-state index contributed by atoms with van der Waals surface area (Å²) in [5, 5.41) is 2.23. The molecule has 0 aromatic heterocycles. The molecule has 0 spiro atoms. The fraction of sp³-hybridized carbons (Fsp3) is 0.258. The SMILES string of the molecule is C[C@@H]1CC[C@@H]2C(=O)N(N(CC(=O)c3ccc(OC(=O)c4ccc(Br)cc4)cc3)C(=O)c3ccc(Cl)cc3)C(=O)[C@@H]2C1. The quantitative estimate of drug-likeness (QED) is 0.137. The van der Waals surface area contributed by atoms with E-state index < -0.39 is 47.9 Å². The molecule has 41 heavy (non-hydrogen) atoms. The van der Waals surface area contributed by atoms with E-state index in [2.05, 4.69) is 15.9 Å². The summed E-state index contributed by atoms with van der Waals surface area (Å²) in [5.41, 5.74) is 0.758. The van der Waals surface area contributed by atoms with Crippen LogP contribution in [0.15, 0.2) is 77.3 Å². The number of esters is 1. The van der Waals surface area contributed by atoms with Crippen molar-refractivity contribution in [2.24, 2.45) is 17.8 Å². The van der Waals surface area contributed by atoms with Crippen LogP contribution >= 0.6 is 27.5 Å². The molecule has 5 rings (SSSR count). The van der Waals surface area contributed by atoms with E-state index in [-0.39, 0.29) is 22.8 Å². The van der Waals surface area contributed by atoms with Gasteiger partial charge >= 0.3 is 5.97 Å². The van der Waals surface area contributed by atoms with Crippen molar-refractivity contribution in [1.82, 2.24) is 10.0 Å². The molecule has 0 bridgehead atoms. The molecule has 0 unspecified atom stereocenters. The van der Waals surface area contributed by atoms with E-state index in [4.69, 9.17) is 16.3 Å². The number of ether oxygens (including phenoxy) is 1. The molecule has 2 aliphatic rings. The Labute approximate surface area is 250 Å². The smallest absolute Gasteiger partial charge is 0.343 e. The lowest BCUT2D eigenvalue weighted by Gasteiger charge is -2.30. The Morgan fingerprint density at radius 1 is 0.854 bits per heavy atom. The highest BCUT2D eigenvalue weighted by atomic mass is 79.9. The lowest BCUT2D eigenvalue weighted by molar-refractivity contribution is -0.154. The average molecular weight is 638 g/mol. The number of nitrogens with zero attached hydrogens (tertiary/aromatic N) is 2. The number of carbonyl (C=O) groups excluding carboxylic acids is 5. The lowest BCUT2D eigenvalue weighted by atomic mass is 9.76. The predicted molar refractivity (Wildman–Crippen MR) is 154 cm³/mol. The lowest BCUT2D eigenvalue weighted by Crippen LogP contribution is -2.52. The standard InChI is InChI=1S/C31H26BrClN2O6/c1-18-2-15-25-26(16-18)30(39)35(29(25)38)34(28(37)20-5-11-23(33)12-6-20)17-27(36)19-7-13-24(14-8-19)41-31(40)21-3-9-22(32)10-4-21/h3-14,18,25-26H,2,15-17H2,1H3/t18-,25+,26-/m1/s1. The van der Waals surface area contributed by atoms with Crippen LogP contribution in [-0.4, -0.2) is 46.0 Å². The van der Waals surface area contributed by atoms with Crippen molar-refractivity contribution in [1.29, 1.82) is 0 Å². The Morgan fingerprint density at radius 2 is 1.44 bits per heavy atom. The van der Waals surface area contributed by atoms with Gasteiger partial charge in [0.15, 0.2) is 5.78 Å². The third-order valence-electron chi connectivity index (χ3n) is 7.49. The van der Waals surface area contributed by atoms with E-state index >= 15 is 0 Å². The van der Waals surface area contributed by atoms with Crippen molar-refractivity contribution >= 4 is 57.0 Å². The van der Waals surface area contributed by atoms with Gasteiger partial charge in [0, 0.05) is 20.6 Å². The zero-order chi connectivity index (χ0) is 29.3. The number of Topliss-reactive ketones (excluding diaryl/α,β-unsaturated/α-hetero) is 1. The third-order valence-corrected chi connectivity index (χ3v) is 8.27. The minimum Gasteiger partial charge on any atom is -0.423 e. The van der Waals surface area contributed by atoms with E-state index in [9.17, 15) is 24.0 Å². The van der Waals surface area contributed by atoms with Crippen LogP contribution in [0.2, 0.25) is 5.02 Å². The molecule has 3 aromatic rings. The molecule has 1 saturated heterocycles. The van der Waals surface area contributed by atoms with E-state index in [0.717, 1.165) is 20.9 Å². The minimum atomic E-state index is -0.663. The minimum absolute atomic E-state index is 0.182. The van der Waals surface area contributed by atoms with Crippen LogP contribution in [0.1, 0.15) is 57.3 Å². The van der Waals surface area contributed by atoms with Crippen molar-refractivity contribution < 1.29 is 28.7 Å². The number of rotatable bonds is 7. The first-order valence-electron chi connectivity index (χ1n) is 13.2. The number of hydrazine groups is 1. The van der Waals surface area contributed by atoms with Gasteiger partial charge in [0.25, 0.3) is 17.7 Å². The molecule has 2 fully saturated rings. The molecule has 1 aliphatic carbocycles. The van der Waals surface area contributed by atoms with E-state index in [1.807, 2.05) is 6.92 Å². The van der Waals surface area contributed by atoms with Crippen LogP contribution in [0.4, 0.5) is 0 Å². The third kappa shape index (κ3) is 6.11. The fourth-order valence-corrected chi connectivity index (χ4v) is 5.66. The molecule has 1 saturated carbocycles. The van der Waals surface area contributed by atoms with Crippen molar-refractivity contribution in [3.63, 3.8) is 0 Å². The molecule has 3 amide bonds. The summed E-state index contributed by atoms with van der Waals surface area (Å²) in [4.78, 5) is 66.3. The Balaban J connectivity index is 1.37. The number of amides is 3. The molecule has 210 valence electrons. The predicted octanol–water partition coefficient (Wildman–Crippen LogP) is 5.98. The van der Waals surface area contributed by atoms with Gasteiger partial charge in [-0.15, -0.1) is 0 Å². The number of fused-ring (bicyclic) bond motifs is 1. The van der Waals surface area contributed by atoms with Gasteiger partial charge in [0.05, 0.1) is 17.4 Å². The van der Waals surface area contributed by atoms with Gasteiger partial charge in [-0.2, -0.15) is 5.01 Å². The first-order chi connectivity index (χ1) is 19.6. The maximum absolute atomic E-state index is 13.6. The van der Waals surface area contributed by atoms with Gasteiger partial charge < -0.3 is 4.74 Å². The van der Waals surface area contributed by atoms with Gasteiger partial charge in [-0.25, -0.2) is 9.80 Å². The summed E-state index contributed by atoms with van der Waals surface area (Å²) < 4.78 is 6.22. The van der Waals surface area contributed by atoms with Crippen LogP contribution < -0.4 is 4.74 Å². The normalized spacial score (nSPS) is 20.0. The number of carbonyl (C=O) groups is 5. The van der Waals surface area contributed by atoms with Crippen LogP contribution in [0, 0.1) is 17.8 Å². The molecular weight excluding hydrogens is 612 g/mol. The summed E-state index contributed by atoms with van der Waals surface area (Å²) in [6.45, 7) is 1.50. The van der Waals surface area contributed by atoms with E-state index in [1.165, 1.54) is 48.5 Å². The van der Waals surface area contributed by atoms with Crippen molar-refractivity contribution in [2.75, 3.05) is 6.54 Å². The Bertz CT molecular complexity index is 1510. The van der Waals surface area contributed by atoms with Crippen molar-refractivity contribution in [3.05, 3.63) is 99.0 Å². The fourth-order valence-electron chi connectivity index (χ4n) is 5.27. The van der Waals surface area contributed by atoms with Gasteiger partial charge in [-0.3, -0.25) is 19.2 Å². The molecule has 3 aromatic carbocycles. The number of benzene rings is 3. The maximum Gasteiger partial charge on any atom is 0.343 e. The second-order valence-electron chi connectivity index (χ2n) is 10.3. The van der Waals surface area contributed by atoms with Crippen LogP contribution in [-0.2, 0) is 9.59 Å². The topological polar surface area (TPSA) is 101 Å². The Morgan fingerprint density at radius 3 is 2.10 bits per heavy atom. The Kier molecular flexibility index (Phi) is 8.37. The molecule has 1 heterocycles.